The summed E-state index contributed by atoms with van der Waals surface area (Å²) in [6.07, 6.45) is 1.43. The van der Waals surface area contributed by atoms with E-state index in [1.165, 1.54) is 0 Å². The number of aliphatic hydroxyl groups is 1. The van der Waals surface area contributed by atoms with E-state index in [9.17, 15) is 5.11 Å². The van der Waals surface area contributed by atoms with Crippen molar-refractivity contribution in [3.63, 3.8) is 0 Å². The second-order valence-corrected chi connectivity index (χ2v) is 4.95. The predicted octanol–water partition coefficient (Wildman–Crippen LogP) is 3.28. The van der Waals surface area contributed by atoms with Gasteiger partial charge in [-0.05, 0) is 47.0 Å². The number of rotatable bonds is 5. The molecule has 0 fully saturated rings. The highest BCUT2D eigenvalue weighted by molar-refractivity contribution is 9.10. The molecular formula is C13H17BrN2O. The SMILES string of the molecule is CCC(O)(CC)CNc1ccc(C#N)c(Br)c1. The maximum Gasteiger partial charge on any atom is 0.100 e. The zero-order chi connectivity index (χ0) is 12.9. The Hall–Kier alpha value is -1.05. The van der Waals surface area contributed by atoms with E-state index in [0.29, 0.717) is 24.9 Å². The lowest BCUT2D eigenvalue weighted by Crippen LogP contribution is -2.35. The lowest BCUT2D eigenvalue weighted by atomic mass is 9.97. The van der Waals surface area contributed by atoms with E-state index in [1.807, 2.05) is 26.0 Å². The number of benzene rings is 1. The Bertz CT molecular complexity index is 422. The number of nitrogens with one attached hydrogen (secondary N) is 1. The van der Waals surface area contributed by atoms with Crippen LogP contribution in [0.15, 0.2) is 22.7 Å². The zero-order valence-electron chi connectivity index (χ0n) is 10.1. The lowest BCUT2D eigenvalue weighted by Gasteiger charge is -2.26. The molecule has 1 aromatic rings. The van der Waals surface area contributed by atoms with Crippen molar-refractivity contribution in [1.29, 1.82) is 5.26 Å². The van der Waals surface area contributed by atoms with Crippen LogP contribution in [0.1, 0.15) is 32.3 Å². The van der Waals surface area contributed by atoms with E-state index >= 15 is 0 Å². The summed E-state index contributed by atoms with van der Waals surface area (Å²) in [4.78, 5) is 0. The van der Waals surface area contributed by atoms with Gasteiger partial charge in [-0.2, -0.15) is 5.26 Å². The quantitative estimate of drug-likeness (QED) is 0.877. The van der Waals surface area contributed by atoms with E-state index in [4.69, 9.17) is 5.26 Å². The number of hydrogen-bond acceptors (Lipinski definition) is 3. The summed E-state index contributed by atoms with van der Waals surface area (Å²) in [6, 6.07) is 7.54. The van der Waals surface area contributed by atoms with Gasteiger partial charge in [0.1, 0.15) is 6.07 Å². The number of anilines is 1. The standard InChI is InChI=1S/C13H17BrN2O/c1-3-13(17,4-2)9-16-11-6-5-10(8-15)12(14)7-11/h5-7,16-17H,3-4,9H2,1-2H3. The summed E-state index contributed by atoms with van der Waals surface area (Å²) < 4.78 is 0.765. The molecule has 0 aromatic heterocycles. The van der Waals surface area contributed by atoms with Crippen molar-refractivity contribution in [2.24, 2.45) is 0 Å². The van der Waals surface area contributed by atoms with Crippen molar-refractivity contribution in [1.82, 2.24) is 0 Å². The molecule has 0 radical (unpaired) electrons. The maximum atomic E-state index is 10.1. The van der Waals surface area contributed by atoms with Gasteiger partial charge in [-0.15, -0.1) is 0 Å². The monoisotopic (exact) mass is 296 g/mol. The number of nitrogens with zero attached hydrogens (tertiary/aromatic N) is 1. The second-order valence-electron chi connectivity index (χ2n) is 4.09. The van der Waals surface area contributed by atoms with Crippen LogP contribution < -0.4 is 5.32 Å². The first kappa shape index (κ1) is 14.0. The molecule has 1 rings (SSSR count). The first-order valence-corrected chi connectivity index (χ1v) is 6.50. The fourth-order valence-corrected chi connectivity index (χ4v) is 1.95. The van der Waals surface area contributed by atoms with Crippen LogP contribution in [-0.2, 0) is 0 Å². The maximum absolute atomic E-state index is 10.1. The Labute approximate surface area is 111 Å². The van der Waals surface area contributed by atoms with E-state index in [1.54, 1.807) is 6.07 Å². The average molecular weight is 297 g/mol. The van der Waals surface area contributed by atoms with Crippen molar-refractivity contribution in [3.05, 3.63) is 28.2 Å². The average Bonchev–Trinajstić information content (AvgIpc) is 2.36. The fraction of sp³-hybridized carbons (Fsp3) is 0.462. The molecule has 0 aliphatic rings. The molecule has 4 heteroatoms. The van der Waals surface area contributed by atoms with Gasteiger partial charge in [-0.1, -0.05) is 13.8 Å². The molecule has 0 saturated carbocycles. The summed E-state index contributed by atoms with van der Waals surface area (Å²) in [7, 11) is 0. The van der Waals surface area contributed by atoms with E-state index in [-0.39, 0.29) is 0 Å². The second kappa shape index (κ2) is 6.04. The molecule has 0 spiro atoms. The van der Waals surface area contributed by atoms with Crippen molar-refractivity contribution in [2.45, 2.75) is 32.3 Å². The molecule has 2 N–H and O–H groups in total. The Morgan fingerprint density at radius 1 is 1.41 bits per heavy atom. The lowest BCUT2D eigenvalue weighted by molar-refractivity contribution is 0.0457. The van der Waals surface area contributed by atoms with Gasteiger partial charge in [0, 0.05) is 16.7 Å². The summed E-state index contributed by atoms with van der Waals surface area (Å²) in [6.45, 7) is 4.46. The zero-order valence-corrected chi connectivity index (χ0v) is 11.7. The summed E-state index contributed by atoms with van der Waals surface area (Å²) in [5.74, 6) is 0. The van der Waals surface area contributed by atoms with Gasteiger partial charge in [-0.3, -0.25) is 0 Å². The Morgan fingerprint density at radius 3 is 2.53 bits per heavy atom. The van der Waals surface area contributed by atoms with Crippen LogP contribution in [0, 0.1) is 11.3 Å². The molecule has 0 heterocycles. The summed E-state index contributed by atoms with van der Waals surface area (Å²) in [5, 5.41) is 22.1. The molecule has 0 atom stereocenters. The highest BCUT2D eigenvalue weighted by atomic mass is 79.9. The minimum absolute atomic E-state index is 0.512. The molecule has 0 aliphatic carbocycles. The number of nitriles is 1. The molecule has 3 nitrogen and oxygen atoms in total. The molecule has 0 aliphatic heterocycles. The van der Waals surface area contributed by atoms with Crippen LogP contribution in [0.4, 0.5) is 5.69 Å². The van der Waals surface area contributed by atoms with Gasteiger partial charge in [0.05, 0.1) is 11.2 Å². The minimum Gasteiger partial charge on any atom is -0.388 e. The van der Waals surface area contributed by atoms with Crippen LogP contribution in [0.3, 0.4) is 0 Å². The molecule has 0 saturated heterocycles. The molecule has 1 aromatic carbocycles. The molecule has 0 amide bonds. The van der Waals surface area contributed by atoms with Crippen LogP contribution in [0.2, 0.25) is 0 Å². The van der Waals surface area contributed by atoms with Gasteiger partial charge in [0.2, 0.25) is 0 Å². The largest absolute Gasteiger partial charge is 0.388 e. The smallest absolute Gasteiger partial charge is 0.100 e. The predicted molar refractivity (Wildman–Crippen MR) is 72.9 cm³/mol. The number of hydrogen-bond donors (Lipinski definition) is 2. The van der Waals surface area contributed by atoms with Crippen LogP contribution in [0.25, 0.3) is 0 Å². The van der Waals surface area contributed by atoms with E-state index in [2.05, 4.69) is 27.3 Å². The van der Waals surface area contributed by atoms with Gasteiger partial charge in [0.25, 0.3) is 0 Å². The van der Waals surface area contributed by atoms with Crippen LogP contribution in [0.5, 0.6) is 0 Å². The summed E-state index contributed by atoms with van der Waals surface area (Å²) in [5.41, 5.74) is 0.841. The topological polar surface area (TPSA) is 56.0 Å². The van der Waals surface area contributed by atoms with Crippen LogP contribution >= 0.6 is 15.9 Å². The van der Waals surface area contributed by atoms with Gasteiger partial charge in [-0.25, -0.2) is 0 Å². The minimum atomic E-state index is -0.666. The molecular weight excluding hydrogens is 280 g/mol. The van der Waals surface area contributed by atoms with Gasteiger partial charge < -0.3 is 10.4 Å². The normalized spacial score (nSPS) is 11.0. The van der Waals surface area contributed by atoms with Gasteiger partial charge in [0.15, 0.2) is 0 Å². The molecule has 0 bridgehead atoms. The highest BCUT2D eigenvalue weighted by Gasteiger charge is 2.21. The van der Waals surface area contributed by atoms with Crippen molar-refractivity contribution in [2.75, 3.05) is 11.9 Å². The van der Waals surface area contributed by atoms with E-state index in [0.717, 1.165) is 10.2 Å². The molecule has 92 valence electrons. The molecule has 17 heavy (non-hydrogen) atoms. The highest BCUT2D eigenvalue weighted by Crippen LogP contribution is 2.22. The third-order valence-electron chi connectivity index (χ3n) is 3.03. The first-order valence-electron chi connectivity index (χ1n) is 5.70. The Morgan fingerprint density at radius 2 is 2.06 bits per heavy atom. The van der Waals surface area contributed by atoms with Gasteiger partial charge >= 0.3 is 0 Å². The third kappa shape index (κ3) is 3.72. The fourth-order valence-electron chi connectivity index (χ4n) is 1.48. The first-order chi connectivity index (χ1) is 8.04. The molecule has 0 unspecified atom stereocenters. The Balaban J connectivity index is 2.71. The van der Waals surface area contributed by atoms with Crippen molar-refractivity contribution < 1.29 is 5.11 Å². The van der Waals surface area contributed by atoms with Crippen LogP contribution in [-0.4, -0.2) is 17.3 Å². The van der Waals surface area contributed by atoms with Crippen molar-refractivity contribution >= 4 is 21.6 Å². The Kier molecular flexibility index (Phi) is 4.98. The number of halogens is 1. The summed E-state index contributed by atoms with van der Waals surface area (Å²) >= 11 is 3.34. The van der Waals surface area contributed by atoms with Crippen molar-refractivity contribution in [3.8, 4) is 6.07 Å². The third-order valence-corrected chi connectivity index (χ3v) is 3.68. The van der Waals surface area contributed by atoms with E-state index < -0.39 is 5.60 Å².